The molecule has 5 heteroatoms. The number of halogens is 3. The fourth-order valence-electron chi connectivity index (χ4n) is 1.69. The summed E-state index contributed by atoms with van der Waals surface area (Å²) in [5, 5.41) is 9.69. The lowest BCUT2D eigenvalue weighted by Gasteiger charge is -2.08. The first-order valence-corrected chi connectivity index (χ1v) is 5.73. The van der Waals surface area contributed by atoms with Crippen LogP contribution in [-0.2, 0) is 0 Å². The van der Waals surface area contributed by atoms with E-state index in [0.717, 1.165) is 0 Å². The topological polar surface area (TPSA) is 37.3 Å². The highest BCUT2D eigenvalue weighted by molar-refractivity contribution is 6.35. The first-order chi connectivity index (χ1) is 8.49. The molecular formula is C13H7Cl2FO2. The predicted molar refractivity (Wildman–Crippen MR) is 68.8 cm³/mol. The molecule has 2 aromatic carbocycles. The second-order valence-corrected chi connectivity index (χ2v) is 4.50. The molecule has 1 N–H and O–H groups in total. The van der Waals surface area contributed by atoms with Crippen LogP contribution in [0.2, 0.25) is 10.0 Å². The summed E-state index contributed by atoms with van der Waals surface area (Å²) in [6.45, 7) is 0. The Morgan fingerprint density at radius 1 is 1.11 bits per heavy atom. The maximum Gasteiger partial charge on any atom is 0.336 e. The molecule has 0 aromatic heterocycles. The minimum Gasteiger partial charge on any atom is -0.478 e. The molecule has 0 fully saturated rings. The van der Waals surface area contributed by atoms with Gasteiger partial charge in [-0.25, -0.2) is 9.18 Å². The smallest absolute Gasteiger partial charge is 0.336 e. The van der Waals surface area contributed by atoms with Crippen LogP contribution in [0.25, 0.3) is 11.1 Å². The normalized spacial score (nSPS) is 10.4. The lowest BCUT2D eigenvalue weighted by molar-refractivity contribution is 0.0697. The van der Waals surface area contributed by atoms with Gasteiger partial charge in [-0.15, -0.1) is 0 Å². The molecule has 0 aliphatic rings. The Kier molecular flexibility index (Phi) is 3.55. The van der Waals surface area contributed by atoms with Crippen LogP contribution in [0.4, 0.5) is 4.39 Å². The molecule has 0 atom stereocenters. The maximum absolute atomic E-state index is 13.8. The summed E-state index contributed by atoms with van der Waals surface area (Å²) < 4.78 is 13.8. The Morgan fingerprint density at radius 2 is 1.72 bits per heavy atom. The van der Waals surface area contributed by atoms with Crippen molar-refractivity contribution in [1.82, 2.24) is 0 Å². The predicted octanol–water partition coefficient (Wildman–Crippen LogP) is 4.50. The van der Waals surface area contributed by atoms with Gasteiger partial charge in [-0.1, -0.05) is 29.3 Å². The monoisotopic (exact) mass is 284 g/mol. The van der Waals surface area contributed by atoms with Crippen molar-refractivity contribution in [2.24, 2.45) is 0 Å². The molecular weight excluding hydrogens is 278 g/mol. The number of benzene rings is 2. The Bertz CT molecular complexity index is 606. The summed E-state index contributed by atoms with van der Waals surface area (Å²) in [5.74, 6) is -1.84. The minimum absolute atomic E-state index is 0.0191. The van der Waals surface area contributed by atoms with Gasteiger partial charge >= 0.3 is 5.97 Å². The van der Waals surface area contributed by atoms with E-state index in [0.29, 0.717) is 15.6 Å². The number of carbonyl (C=O) groups is 1. The Labute approximate surface area is 113 Å². The van der Waals surface area contributed by atoms with Crippen LogP contribution in [0.15, 0.2) is 36.4 Å². The van der Waals surface area contributed by atoms with E-state index >= 15 is 0 Å². The van der Waals surface area contributed by atoms with Gasteiger partial charge < -0.3 is 5.11 Å². The summed E-state index contributed by atoms with van der Waals surface area (Å²) >= 11 is 11.7. The SMILES string of the molecule is O=C(O)c1cccc(F)c1-c1cc(Cl)cc(Cl)c1. The van der Waals surface area contributed by atoms with Crippen LogP contribution in [0, 0.1) is 5.82 Å². The van der Waals surface area contributed by atoms with Gasteiger partial charge in [0.1, 0.15) is 5.82 Å². The van der Waals surface area contributed by atoms with Gasteiger partial charge in [-0.2, -0.15) is 0 Å². The second-order valence-electron chi connectivity index (χ2n) is 3.63. The van der Waals surface area contributed by atoms with E-state index in [1.807, 2.05) is 0 Å². The molecule has 0 heterocycles. The fraction of sp³-hybridized carbons (Fsp3) is 0. The van der Waals surface area contributed by atoms with E-state index in [2.05, 4.69) is 0 Å². The molecule has 0 aliphatic heterocycles. The summed E-state index contributed by atoms with van der Waals surface area (Å²) in [6, 6.07) is 8.30. The Hall–Kier alpha value is -1.58. The van der Waals surface area contributed by atoms with Crippen LogP contribution in [0.1, 0.15) is 10.4 Å². The number of carboxylic acids is 1. The number of hydrogen-bond acceptors (Lipinski definition) is 1. The summed E-state index contributed by atoms with van der Waals surface area (Å²) in [6.07, 6.45) is 0. The van der Waals surface area contributed by atoms with Gasteiger partial charge in [0.15, 0.2) is 0 Å². The van der Waals surface area contributed by atoms with E-state index in [9.17, 15) is 9.18 Å². The molecule has 0 saturated heterocycles. The molecule has 0 saturated carbocycles. The van der Waals surface area contributed by atoms with Gasteiger partial charge in [-0.3, -0.25) is 0 Å². The molecule has 92 valence electrons. The van der Waals surface area contributed by atoms with Crippen LogP contribution in [0.5, 0.6) is 0 Å². The molecule has 2 nitrogen and oxygen atoms in total. The highest BCUT2D eigenvalue weighted by atomic mass is 35.5. The zero-order chi connectivity index (χ0) is 13.3. The number of rotatable bonds is 2. The van der Waals surface area contributed by atoms with Crippen molar-refractivity contribution < 1.29 is 14.3 Å². The Morgan fingerprint density at radius 3 is 2.28 bits per heavy atom. The molecule has 0 amide bonds. The number of hydrogen-bond donors (Lipinski definition) is 1. The molecule has 2 rings (SSSR count). The van der Waals surface area contributed by atoms with E-state index in [4.69, 9.17) is 28.3 Å². The molecule has 0 spiro atoms. The third-order valence-corrected chi connectivity index (χ3v) is 2.83. The molecule has 0 unspecified atom stereocenters. The van der Waals surface area contributed by atoms with Gasteiger partial charge in [0.2, 0.25) is 0 Å². The first-order valence-electron chi connectivity index (χ1n) is 4.97. The van der Waals surface area contributed by atoms with E-state index in [1.165, 1.54) is 36.4 Å². The van der Waals surface area contributed by atoms with Crippen molar-refractivity contribution >= 4 is 29.2 Å². The van der Waals surface area contributed by atoms with E-state index < -0.39 is 11.8 Å². The van der Waals surface area contributed by atoms with Crippen LogP contribution < -0.4 is 0 Å². The van der Waals surface area contributed by atoms with E-state index in [-0.39, 0.29) is 11.1 Å². The highest BCUT2D eigenvalue weighted by Crippen LogP contribution is 2.31. The van der Waals surface area contributed by atoms with Crippen molar-refractivity contribution in [2.75, 3.05) is 0 Å². The lowest BCUT2D eigenvalue weighted by atomic mass is 9.99. The third-order valence-electron chi connectivity index (χ3n) is 2.40. The van der Waals surface area contributed by atoms with Crippen LogP contribution >= 0.6 is 23.2 Å². The van der Waals surface area contributed by atoms with Crippen LogP contribution in [0.3, 0.4) is 0 Å². The van der Waals surface area contributed by atoms with Crippen molar-refractivity contribution in [3.63, 3.8) is 0 Å². The number of carboxylic acid groups (broad SMARTS) is 1. The van der Waals surface area contributed by atoms with Gasteiger partial charge in [0.25, 0.3) is 0 Å². The third kappa shape index (κ3) is 2.47. The van der Waals surface area contributed by atoms with E-state index in [1.54, 1.807) is 0 Å². The highest BCUT2D eigenvalue weighted by Gasteiger charge is 2.16. The molecule has 0 aliphatic carbocycles. The standard InChI is InChI=1S/C13H7Cl2FO2/c14-8-4-7(5-9(15)6-8)12-10(13(17)18)2-1-3-11(12)16/h1-6H,(H,17,18). The molecule has 18 heavy (non-hydrogen) atoms. The minimum atomic E-state index is -1.21. The van der Waals surface area contributed by atoms with Crippen LogP contribution in [-0.4, -0.2) is 11.1 Å². The maximum atomic E-state index is 13.8. The van der Waals surface area contributed by atoms with Crippen molar-refractivity contribution in [3.05, 3.63) is 57.8 Å². The molecule has 0 radical (unpaired) electrons. The largest absolute Gasteiger partial charge is 0.478 e. The van der Waals surface area contributed by atoms with Crippen molar-refractivity contribution in [2.45, 2.75) is 0 Å². The second kappa shape index (κ2) is 4.96. The zero-order valence-electron chi connectivity index (χ0n) is 8.95. The van der Waals surface area contributed by atoms with Gasteiger partial charge in [0, 0.05) is 15.6 Å². The average Bonchev–Trinajstić information content (AvgIpc) is 2.26. The summed E-state index contributed by atoms with van der Waals surface area (Å²) in [4.78, 5) is 11.1. The molecule has 2 aromatic rings. The Balaban J connectivity index is 2.73. The van der Waals surface area contributed by atoms with Gasteiger partial charge in [-0.05, 0) is 35.9 Å². The number of aromatic carboxylic acids is 1. The van der Waals surface area contributed by atoms with Crippen molar-refractivity contribution in [1.29, 1.82) is 0 Å². The quantitative estimate of drug-likeness (QED) is 0.882. The molecule has 0 bridgehead atoms. The lowest BCUT2D eigenvalue weighted by Crippen LogP contribution is -2.01. The first kappa shape index (κ1) is 12.9. The summed E-state index contributed by atoms with van der Waals surface area (Å²) in [5.41, 5.74) is 0.186. The summed E-state index contributed by atoms with van der Waals surface area (Å²) in [7, 11) is 0. The van der Waals surface area contributed by atoms with Gasteiger partial charge in [0.05, 0.1) is 5.56 Å². The zero-order valence-corrected chi connectivity index (χ0v) is 10.5. The fourth-order valence-corrected chi connectivity index (χ4v) is 2.22. The average molecular weight is 285 g/mol. The van der Waals surface area contributed by atoms with Crippen molar-refractivity contribution in [3.8, 4) is 11.1 Å².